The summed E-state index contributed by atoms with van der Waals surface area (Å²) >= 11 is 12.0. The van der Waals surface area contributed by atoms with E-state index < -0.39 is 17.7 Å². The zero-order valence-electron chi connectivity index (χ0n) is 15.6. The minimum Gasteiger partial charge on any atom is -0.507 e. The number of amides is 1. The molecule has 0 saturated carbocycles. The average Bonchev–Trinajstić information content (AvgIpc) is 3.00. The lowest BCUT2D eigenvalue weighted by molar-refractivity contribution is -0.140. The van der Waals surface area contributed by atoms with Gasteiger partial charge in [0.05, 0.1) is 11.6 Å². The number of aliphatic hydroxyl groups excluding tert-OH is 1. The predicted octanol–water partition coefficient (Wildman–Crippen LogP) is 5.01. The molecule has 30 heavy (non-hydrogen) atoms. The number of halogens is 2. The van der Waals surface area contributed by atoms with Gasteiger partial charge in [0.25, 0.3) is 11.7 Å². The Labute approximate surface area is 183 Å². The molecule has 1 N–H and O–H groups in total. The van der Waals surface area contributed by atoms with Gasteiger partial charge < -0.3 is 10.0 Å². The third kappa shape index (κ3) is 3.82. The van der Waals surface area contributed by atoms with Gasteiger partial charge in [-0.25, -0.2) is 0 Å². The molecule has 1 fully saturated rings. The van der Waals surface area contributed by atoms with Crippen molar-refractivity contribution in [2.75, 3.05) is 0 Å². The summed E-state index contributed by atoms with van der Waals surface area (Å²) in [7, 11) is 0. The molecule has 0 bridgehead atoms. The number of likely N-dealkylation sites (tertiary alicyclic amines) is 1. The van der Waals surface area contributed by atoms with E-state index in [1.165, 1.54) is 4.90 Å². The number of pyridine rings is 1. The standard InChI is InChI=1S/C23H16Cl2N2O3/c24-17-7-3-15(4-8-17)20-19(21(28)16-5-9-18(25)10-6-16)22(29)23(30)27(20)13-14-2-1-11-26-12-14/h1-12,20,28H,13H2/b21-19-. The minimum absolute atomic E-state index is 0.0218. The van der Waals surface area contributed by atoms with Crippen molar-refractivity contribution in [1.82, 2.24) is 9.88 Å². The van der Waals surface area contributed by atoms with E-state index in [1.54, 1.807) is 67.0 Å². The Morgan fingerprint density at radius 1 is 0.967 bits per heavy atom. The first-order valence-corrected chi connectivity index (χ1v) is 9.90. The van der Waals surface area contributed by atoms with Crippen molar-refractivity contribution in [3.05, 3.63) is 105 Å². The summed E-state index contributed by atoms with van der Waals surface area (Å²) in [4.78, 5) is 31.4. The van der Waals surface area contributed by atoms with Gasteiger partial charge in [0.2, 0.25) is 0 Å². The number of hydrogen-bond donors (Lipinski definition) is 1. The molecule has 1 aliphatic heterocycles. The summed E-state index contributed by atoms with van der Waals surface area (Å²) < 4.78 is 0. The lowest BCUT2D eigenvalue weighted by Gasteiger charge is -2.25. The van der Waals surface area contributed by atoms with Crippen molar-refractivity contribution in [3.8, 4) is 0 Å². The Kier molecular flexibility index (Phi) is 5.57. The van der Waals surface area contributed by atoms with E-state index in [9.17, 15) is 14.7 Å². The molecule has 0 aliphatic carbocycles. The molecule has 1 amide bonds. The Hall–Kier alpha value is -3.15. The normalized spacial score (nSPS) is 18.1. The van der Waals surface area contributed by atoms with Gasteiger partial charge in [-0.15, -0.1) is 0 Å². The van der Waals surface area contributed by atoms with Crippen LogP contribution in [-0.4, -0.2) is 26.7 Å². The highest BCUT2D eigenvalue weighted by Gasteiger charge is 2.46. The molecule has 2 aromatic carbocycles. The molecule has 1 atom stereocenters. The summed E-state index contributed by atoms with van der Waals surface area (Å²) in [6.07, 6.45) is 3.27. The van der Waals surface area contributed by atoms with Crippen LogP contribution in [-0.2, 0) is 16.1 Å². The minimum atomic E-state index is -0.766. The van der Waals surface area contributed by atoms with Crippen LogP contribution < -0.4 is 0 Å². The van der Waals surface area contributed by atoms with Gasteiger partial charge >= 0.3 is 0 Å². The van der Waals surface area contributed by atoms with E-state index in [0.29, 0.717) is 21.2 Å². The number of benzene rings is 2. The van der Waals surface area contributed by atoms with Gasteiger partial charge in [-0.05, 0) is 53.6 Å². The Morgan fingerprint density at radius 3 is 2.20 bits per heavy atom. The molecular formula is C23H16Cl2N2O3. The number of ketones is 1. The fourth-order valence-electron chi connectivity index (χ4n) is 3.49. The van der Waals surface area contributed by atoms with E-state index >= 15 is 0 Å². The number of rotatable bonds is 4. The maximum Gasteiger partial charge on any atom is 0.295 e. The van der Waals surface area contributed by atoms with Crippen LogP contribution in [0.4, 0.5) is 0 Å². The highest BCUT2D eigenvalue weighted by Crippen LogP contribution is 2.40. The van der Waals surface area contributed by atoms with Crippen LogP contribution in [0.1, 0.15) is 22.7 Å². The fourth-order valence-corrected chi connectivity index (χ4v) is 3.74. The summed E-state index contributed by atoms with van der Waals surface area (Å²) in [5.74, 6) is -1.68. The number of aromatic nitrogens is 1. The number of aliphatic hydroxyl groups is 1. The molecular weight excluding hydrogens is 423 g/mol. The molecule has 1 aromatic heterocycles. The highest BCUT2D eigenvalue weighted by molar-refractivity contribution is 6.46. The molecule has 0 radical (unpaired) electrons. The van der Waals surface area contributed by atoms with Crippen molar-refractivity contribution in [2.24, 2.45) is 0 Å². The zero-order chi connectivity index (χ0) is 21.3. The lowest BCUT2D eigenvalue weighted by Crippen LogP contribution is -2.29. The van der Waals surface area contributed by atoms with E-state index in [0.717, 1.165) is 5.56 Å². The molecule has 0 spiro atoms. The van der Waals surface area contributed by atoms with Crippen molar-refractivity contribution in [2.45, 2.75) is 12.6 Å². The summed E-state index contributed by atoms with van der Waals surface area (Å²) in [6.45, 7) is 0.170. The van der Waals surface area contributed by atoms with Crippen LogP contribution in [0.15, 0.2) is 78.6 Å². The largest absolute Gasteiger partial charge is 0.507 e. The van der Waals surface area contributed by atoms with E-state index in [4.69, 9.17) is 23.2 Å². The van der Waals surface area contributed by atoms with Gasteiger partial charge in [-0.1, -0.05) is 41.4 Å². The second-order valence-electron chi connectivity index (χ2n) is 6.85. The Balaban J connectivity index is 1.85. The summed E-state index contributed by atoms with van der Waals surface area (Å²) in [5, 5.41) is 12.0. The van der Waals surface area contributed by atoms with Crippen LogP contribution in [0.25, 0.3) is 5.76 Å². The van der Waals surface area contributed by atoms with Crippen LogP contribution >= 0.6 is 23.2 Å². The van der Waals surface area contributed by atoms with Crippen molar-refractivity contribution in [1.29, 1.82) is 0 Å². The van der Waals surface area contributed by atoms with Crippen molar-refractivity contribution < 1.29 is 14.7 Å². The first-order chi connectivity index (χ1) is 14.5. The van der Waals surface area contributed by atoms with Crippen LogP contribution in [0.2, 0.25) is 10.0 Å². The summed E-state index contributed by atoms with van der Waals surface area (Å²) in [6, 6.07) is 16.1. The van der Waals surface area contributed by atoms with Crippen molar-refractivity contribution in [3.63, 3.8) is 0 Å². The topological polar surface area (TPSA) is 70.5 Å². The van der Waals surface area contributed by atoms with E-state index in [-0.39, 0.29) is 17.9 Å². The quantitative estimate of drug-likeness (QED) is 0.353. The molecule has 4 rings (SSSR count). The third-order valence-electron chi connectivity index (χ3n) is 4.92. The SMILES string of the molecule is O=C1C(=O)N(Cc2cccnc2)C(c2ccc(Cl)cc2)/C1=C(/O)c1ccc(Cl)cc1. The molecule has 1 saturated heterocycles. The van der Waals surface area contributed by atoms with E-state index in [2.05, 4.69) is 4.98 Å². The number of carbonyl (C=O) groups is 2. The molecule has 150 valence electrons. The maximum atomic E-state index is 13.0. The maximum absolute atomic E-state index is 13.0. The van der Waals surface area contributed by atoms with Gasteiger partial charge in [-0.3, -0.25) is 14.6 Å². The molecule has 2 heterocycles. The van der Waals surface area contributed by atoms with Gasteiger partial charge in [0, 0.05) is 34.5 Å². The third-order valence-corrected chi connectivity index (χ3v) is 5.42. The van der Waals surface area contributed by atoms with Crippen LogP contribution in [0.3, 0.4) is 0 Å². The van der Waals surface area contributed by atoms with Gasteiger partial charge in [0.15, 0.2) is 0 Å². The number of hydrogen-bond acceptors (Lipinski definition) is 4. The van der Waals surface area contributed by atoms with Gasteiger partial charge in [-0.2, -0.15) is 0 Å². The lowest BCUT2D eigenvalue weighted by atomic mass is 9.95. The predicted molar refractivity (Wildman–Crippen MR) is 115 cm³/mol. The summed E-state index contributed by atoms with van der Waals surface area (Å²) in [5.41, 5.74) is 1.86. The molecule has 7 heteroatoms. The second kappa shape index (κ2) is 8.30. The molecule has 1 unspecified atom stereocenters. The first kappa shape index (κ1) is 20.1. The second-order valence-corrected chi connectivity index (χ2v) is 7.72. The number of carbonyl (C=O) groups excluding carboxylic acids is 2. The Bertz CT molecular complexity index is 1130. The van der Waals surface area contributed by atoms with E-state index in [1.807, 2.05) is 6.07 Å². The van der Waals surface area contributed by atoms with Gasteiger partial charge in [0.1, 0.15) is 5.76 Å². The zero-order valence-corrected chi connectivity index (χ0v) is 17.1. The monoisotopic (exact) mass is 438 g/mol. The fraction of sp³-hybridized carbons (Fsp3) is 0.0870. The molecule has 1 aliphatic rings. The van der Waals surface area contributed by atoms with Crippen LogP contribution in [0, 0.1) is 0 Å². The first-order valence-electron chi connectivity index (χ1n) is 9.14. The van der Waals surface area contributed by atoms with Crippen molar-refractivity contribution >= 4 is 40.7 Å². The molecule has 5 nitrogen and oxygen atoms in total. The number of nitrogens with zero attached hydrogens (tertiary/aromatic N) is 2. The average molecular weight is 439 g/mol. The highest BCUT2D eigenvalue weighted by atomic mass is 35.5. The molecule has 3 aromatic rings. The smallest absolute Gasteiger partial charge is 0.295 e. The number of Topliss-reactive ketones (excluding diaryl/α,β-unsaturated/α-hetero) is 1. The Morgan fingerprint density at radius 2 is 1.60 bits per heavy atom. The van der Waals surface area contributed by atoms with Crippen LogP contribution in [0.5, 0.6) is 0 Å².